The summed E-state index contributed by atoms with van der Waals surface area (Å²) in [6.45, 7) is 2.51. The number of hydrogen-bond acceptors (Lipinski definition) is 8. The molecule has 1 fully saturated rings. The van der Waals surface area contributed by atoms with Gasteiger partial charge in [-0.1, -0.05) is 6.07 Å². The molecule has 0 saturated carbocycles. The van der Waals surface area contributed by atoms with Gasteiger partial charge in [-0.05, 0) is 37.2 Å². The predicted molar refractivity (Wildman–Crippen MR) is 129 cm³/mol. The molecule has 10 nitrogen and oxygen atoms in total. The number of halogens is 1. The van der Waals surface area contributed by atoms with E-state index < -0.39 is 15.8 Å². The summed E-state index contributed by atoms with van der Waals surface area (Å²) >= 11 is 0. The summed E-state index contributed by atoms with van der Waals surface area (Å²) in [6, 6.07) is 5.69. The van der Waals surface area contributed by atoms with Crippen LogP contribution in [-0.4, -0.2) is 88.6 Å². The SMILES string of the molecule is COc1c2c(c(S(=O)(=O)N3CCN(CC(=O)Nc4cccc(F)c4)CC3)c3c1OCO3)CCN(C)C2. The highest BCUT2D eigenvalue weighted by Crippen LogP contribution is 2.51. The molecule has 3 aliphatic heterocycles. The minimum Gasteiger partial charge on any atom is -0.492 e. The van der Waals surface area contributed by atoms with Gasteiger partial charge < -0.3 is 24.4 Å². The van der Waals surface area contributed by atoms with E-state index in [1.165, 1.54) is 22.5 Å². The van der Waals surface area contributed by atoms with Crippen LogP contribution in [0, 0.1) is 5.82 Å². The summed E-state index contributed by atoms with van der Waals surface area (Å²) in [7, 11) is -0.368. The van der Waals surface area contributed by atoms with E-state index in [1.807, 2.05) is 11.9 Å². The second-order valence-electron chi connectivity index (χ2n) is 9.11. The normalized spacial score (nSPS) is 18.6. The molecule has 36 heavy (non-hydrogen) atoms. The van der Waals surface area contributed by atoms with Crippen LogP contribution in [0.1, 0.15) is 11.1 Å². The predicted octanol–water partition coefficient (Wildman–Crippen LogP) is 1.50. The van der Waals surface area contributed by atoms with Crippen LogP contribution in [0.3, 0.4) is 0 Å². The zero-order chi connectivity index (χ0) is 25.4. The molecule has 0 unspecified atom stereocenters. The van der Waals surface area contributed by atoms with E-state index in [9.17, 15) is 17.6 Å². The molecule has 3 aliphatic rings. The maximum absolute atomic E-state index is 13.9. The number of anilines is 1. The van der Waals surface area contributed by atoms with Crippen molar-refractivity contribution < 1.29 is 31.8 Å². The second kappa shape index (κ2) is 9.85. The molecule has 2 aromatic rings. The van der Waals surface area contributed by atoms with Gasteiger partial charge in [0.15, 0.2) is 11.5 Å². The molecule has 0 bridgehead atoms. The fraction of sp³-hybridized carbons (Fsp3) is 0.458. The van der Waals surface area contributed by atoms with Crippen molar-refractivity contribution >= 4 is 21.6 Å². The Morgan fingerprint density at radius 1 is 1.11 bits per heavy atom. The third-order valence-electron chi connectivity index (χ3n) is 6.72. The molecule has 0 atom stereocenters. The molecule has 5 rings (SSSR count). The molecule has 3 heterocycles. The zero-order valence-electron chi connectivity index (χ0n) is 20.3. The van der Waals surface area contributed by atoms with E-state index in [4.69, 9.17) is 14.2 Å². The summed E-state index contributed by atoms with van der Waals surface area (Å²) in [4.78, 5) is 16.6. The van der Waals surface area contributed by atoms with E-state index in [0.29, 0.717) is 55.3 Å². The first-order valence-corrected chi connectivity index (χ1v) is 13.2. The van der Waals surface area contributed by atoms with Crippen LogP contribution in [0.4, 0.5) is 10.1 Å². The lowest BCUT2D eigenvalue weighted by molar-refractivity contribution is -0.117. The first-order valence-electron chi connectivity index (χ1n) is 11.8. The third kappa shape index (κ3) is 4.61. The molecule has 0 aliphatic carbocycles. The lowest BCUT2D eigenvalue weighted by atomic mass is 9.97. The number of ether oxygens (including phenoxy) is 3. The summed E-state index contributed by atoms with van der Waals surface area (Å²) in [5, 5.41) is 2.68. The van der Waals surface area contributed by atoms with Gasteiger partial charge in [-0.3, -0.25) is 9.69 Å². The van der Waals surface area contributed by atoms with E-state index in [-0.39, 0.29) is 43.0 Å². The number of nitrogens with one attached hydrogen (secondary N) is 1. The number of nitrogens with zero attached hydrogens (tertiary/aromatic N) is 3. The Morgan fingerprint density at radius 3 is 2.58 bits per heavy atom. The molecule has 0 spiro atoms. The second-order valence-corrected chi connectivity index (χ2v) is 11.0. The fourth-order valence-electron chi connectivity index (χ4n) is 4.96. The standard InChI is InChI=1S/C24H29FN4O6S/c1-27-7-6-18-19(13-27)21(33-2)22-23(35-15-34-22)24(18)36(31,32)29-10-8-28(9-11-29)14-20(30)26-17-5-3-4-16(25)12-17/h3-5,12H,6-11,13-15H2,1-2H3,(H,26,30). The van der Waals surface area contributed by atoms with Crippen LogP contribution in [0.2, 0.25) is 0 Å². The number of carbonyl (C=O) groups is 1. The van der Waals surface area contributed by atoms with Crippen LogP contribution in [0.25, 0.3) is 0 Å². The van der Waals surface area contributed by atoms with Gasteiger partial charge in [0.2, 0.25) is 28.5 Å². The molecule has 12 heteroatoms. The van der Waals surface area contributed by atoms with Crippen LogP contribution >= 0.6 is 0 Å². The van der Waals surface area contributed by atoms with E-state index in [1.54, 1.807) is 13.2 Å². The highest BCUT2D eigenvalue weighted by Gasteiger charge is 2.41. The van der Waals surface area contributed by atoms with Crippen molar-refractivity contribution in [3.8, 4) is 17.2 Å². The van der Waals surface area contributed by atoms with E-state index >= 15 is 0 Å². The Balaban J connectivity index is 1.33. The molecule has 1 amide bonds. The van der Waals surface area contributed by atoms with Gasteiger partial charge in [0.05, 0.1) is 13.7 Å². The number of sulfonamides is 1. The summed E-state index contributed by atoms with van der Waals surface area (Å²) in [5.41, 5.74) is 1.90. The van der Waals surface area contributed by atoms with Crippen molar-refractivity contribution in [3.63, 3.8) is 0 Å². The first-order chi connectivity index (χ1) is 17.3. The number of rotatable bonds is 6. The van der Waals surface area contributed by atoms with Gasteiger partial charge in [0.1, 0.15) is 10.7 Å². The average Bonchev–Trinajstić information content (AvgIpc) is 3.31. The summed E-state index contributed by atoms with van der Waals surface area (Å²) < 4.78 is 59.5. The monoisotopic (exact) mass is 520 g/mol. The summed E-state index contributed by atoms with van der Waals surface area (Å²) in [6.07, 6.45) is 0.549. The van der Waals surface area contributed by atoms with Crippen molar-refractivity contribution in [1.82, 2.24) is 14.1 Å². The van der Waals surface area contributed by atoms with E-state index in [2.05, 4.69) is 10.2 Å². The van der Waals surface area contributed by atoms with Gasteiger partial charge in [-0.15, -0.1) is 0 Å². The zero-order valence-corrected chi connectivity index (χ0v) is 21.1. The third-order valence-corrected chi connectivity index (χ3v) is 8.71. The van der Waals surface area contributed by atoms with Crippen molar-refractivity contribution in [3.05, 3.63) is 41.2 Å². The number of methoxy groups -OCH3 is 1. The number of piperazine rings is 1. The topological polar surface area (TPSA) is 101 Å². The highest BCUT2D eigenvalue weighted by molar-refractivity contribution is 7.89. The van der Waals surface area contributed by atoms with E-state index in [0.717, 1.165) is 5.56 Å². The number of hydrogen-bond donors (Lipinski definition) is 1. The van der Waals surface area contributed by atoms with Gasteiger partial charge in [0.25, 0.3) is 0 Å². The lowest BCUT2D eigenvalue weighted by Crippen LogP contribution is -2.50. The van der Waals surface area contributed by atoms with Crippen molar-refractivity contribution in [2.24, 2.45) is 0 Å². The number of likely N-dealkylation sites (N-methyl/N-ethyl adjacent to an activating group) is 1. The van der Waals surface area contributed by atoms with Crippen LogP contribution in [-0.2, 0) is 27.8 Å². The molecule has 2 aromatic carbocycles. The first kappa shape index (κ1) is 24.8. The Morgan fingerprint density at radius 2 is 1.86 bits per heavy atom. The van der Waals surface area contributed by atoms with Crippen molar-refractivity contribution in [2.45, 2.75) is 17.9 Å². The lowest BCUT2D eigenvalue weighted by Gasteiger charge is -2.35. The molecular formula is C24H29FN4O6S. The van der Waals surface area contributed by atoms with Crippen molar-refractivity contribution in [2.75, 3.05) is 65.5 Å². The average molecular weight is 521 g/mol. The molecular weight excluding hydrogens is 491 g/mol. The molecule has 1 saturated heterocycles. The quantitative estimate of drug-likeness (QED) is 0.612. The van der Waals surface area contributed by atoms with Crippen molar-refractivity contribution in [1.29, 1.82) is 0 Å². The maximum Gasteiger partial charge on any atom is 0.247 e. The minimum atomic E-state index is -3.89. The maximum atomic E-state index is 13.9. The van der Waals surface area contributed by atoms with Gasteiger partial charge in [0, 0.05) is 50.5 Å². The number of amides is 1. The van der Waals surface area contributed by atoms with Gasteiger partial charge in [-0.25, -0.2) is 12.8 Å². The molecule has 194 valence electrons. The number of fused-ring (bicyclic) bond motifs is 2. The fourth-order valence-corrected chi connectivity index (χ4v) is 6.79. The number of benzene rings is 2. The summed E-state index contributed by atoms with van der Waals surface area (Å²) in [5.74, 6) is 0.357. The van der Waals surface area contributed by atoms with Crippen LogP contribution < -0.4 is 19.5 Å². The van der Waals surface area contributed by atoms with Crippen LogP contribution in [0.5, 0.6) is 17.2 Å². The molecule has 0 radical (unpaired) electrons. The highest BCUT2D eigenvalue weighted by atomic mass is 32.2. The Bertz CT molecular complexity index is 1280. The van der Waals surface area contributed by atoms with Gasteiger partial charge >= 0.3 is 0 Å². The number of carbonyl (C=O) groups excluding carboxylic acids is 1. The molecule has 1 N–H and O–H groups in total. The van der Waals surface area contributed by atoms with Crippen LogP contribution in [0.15, 0.2) is 29.2 Å². The molecule has 0 aromatic heterocycles. The smallest absolute Gasteiger partial charge is 0.247 e. The Kier molecular flexibility index (Phi) is 6.77. The Hall–Kier alpha value is -2.93. The van der Waals surface area contributed by atoms with Gasteiger partial charge in [-0.2, -0.15) is 4.31 Å². The minimum absolute atomic E-state index is 0.0683. The Labute approximate surface area is 209 Å². The largest absolute Gasteiger partial charge is 0.492 e.